The zero-order valence-corrected chi connectivity index (χ0v) is 40.6. The van der Waals surface area contributed by atoms with E-state index in [0.717, 1.165) is 13.8 Å². The van der Waals surface area contributed by atoms with Crippen LogP contribution in [0.5, 0.6) is 0 Å². The van der Waals surface area contributed by atoms with Crippen LogP contribution in [0.3, 0.4) is 0 Å². The normalized spacial score (nSPS) is 28.2. The summed E-state index contributed by atoms with van der Waals surface area (Å²) in [7, 11) is 0. The maximum atomic E-state index is 15.7. The lowest BCUT2D eigenvalue weighted by Crippen LogP contribution is -2.78. The Hall–Kier alpha value is -7.21. The summed E-state index contributed by atoms with van der Waals surface area (Å²) in [6.45, 7) is 7.34. The van der Waals surface area contributed by atoms with Crippen LogP contribution in [0.25, 0.3) is 0 Å². The van der Waals surface area contributed by atoms with E-state index in [0.29, 0.717) is 11.1 Å². The van der Waals surface area contributed by atoms with Gasteiger partial charge in [0.1, 0.15) is 31.0 Å². The van der Waals surface area contributed by atoms with E-state index in [1.807, 2.05) is 0 Å². The number of ether oxygens (including phenoxy) is 7. The van der Waals surface area contributed by atoms with Gasteiger partial charge in [0.05, 0.1) is 40.6 Å². The molecule has 0 aromatic heterocycles. The van der Waals surface area contributed by atoms with Crippen LogP contribution in [-0.2, 0) is 58.9 Å². The Morgan fingerprint density at radius 3 is 1.94 bits per heavy atom. The Morgan fingerprint density at radius 1 is 0.806 bits per heavy atom. The molecule has 378 valence electrons. The quantitative estimate of drug-likeness (QED) is 0.0736. The molecule has 4 aromatic rings. The summed E-state index contributed by atoms with van der Waals surface area (Å²) in [6, 6.07) is 31.4. The molecule has 2 saturated carbocycles. The van der Waals surface area contributed by atoms with Gasteiger partial charge in [-0.1, -0.05) is 97.1 Å². The van der Waals surface area contributed by atoms with Gasteiger partial charge in [0.25, 0.3) is 5.91 Å². The van der Waals surface area contributed by atoms with Crippen molar-refractivity contribution in [3.8, 4) is 0 Å². The molecule has 0 radical (unpaired) electrons. The molecule has 0 unspecified atom stereocenters. The van der Waals surface area contributed by atoms with Crippen LogP contribution < -0.4 is 5.32 Å². The number of esters is 4. The lowest BCUT2D eigenvalue weighted by molar-refractivity contribution is -0.337. The lowest BCUT2D eigenvalue weighted by Gasteiger charge is -2.64. The monoisotopic (exact) mass is 987 g/mol. The summed E-state index contributed by atoms with van der Waals surface area (Å²) >= 11 is 0. The molecule has 4 aliphatic rings. The third-order valence-electron chi connectivity index (χ3n) is 14.7. The van der Waals surface area contributed by atoms with Crippen LogP contribution in [0.1, 0.15) is 92.3 Å². The average molecular weight is 988 g/mol. The number of benzene rings is 4. The van der Waals surface area contributed by atoms with Gasteiger partial charge in [0, 0.05) is 32.3 Å². The van der Waals surface area contributed by atoms with Crippen molar-refractivity contribution in [3.63, 3.8) is 0 Å². The molecular weight excluding hydrogens is 931 g/mol. The van der Waals surface area contributed by atoms with Gasteiger partial charge in [0.2, 0.25) is 6.10 Å². The zero-order valence-electron chi connectivity index (χ0n) is 40.6. The van der Waals surface area contributed by atoms with Gasteiger partial charge in [-0.05, 0) is 74.2 Å². The second kappa shape index (κ2) is 20.1. The molecule has 0 spiro atoms. The van der Waals surface area contributed by atoms with Crippen molar-refractivity contribution < 1.29 is 76.9 Å². The summed E-state index contributed by atoms with van der Waals surface area (Å²) in [5, 5.41) is 28.0. The lowest BCUT2D eigenvalue weighted by atomic mass is 9.50. The van der Waals surface area contributed by atoms with E-state index in [9.17, 15) is 34.2 Å². The zero-order chi connectivity index (χ0) is 51.8. The van der Waals surface area contributed by atoms with Gasteiger partial charge in [0.15, 0.2) is 17.5 Å². The second-order valence-electron chi connectivity index (χ2n) is 19.5. The molecule has 3 N–H and O–H groups in total. The fourth-order valence-corrected chi connectivity index (χ4v) is 11.3. The first-order chi connectivity index (χ1) is 34.2. The minimum Gasteiger partial charge on any atom is -0.457 e. The number of hydrogen-bond donors (Lipinski definition) is 3. The van der Waals surface area contributed by atoms with Crippen molar-refractivity contribution >= 4 is 41.7 Å². The Morgan fingerprint density at radius 2 is 1.39 bits per heavy atom. The highest BCUT2D eigenvalue weighted by molar-refractivity contribution is 5.97. The molecule has 17 nitrogen and oxygen atoms in total. The van der Waals surface area contributed by atoms with Gasteiger partial charge in [-0.3, -0.25) is 19.2 Å². The average Bonchev–Trinajstić information content (AvgIpc) is 3.62. The van der Waals surface area contributed by atoms with E-state index in [2.05, 4.69) is 5.32 Å². The molecule has 1 saturated heterocycles. The fraction of sp³-hybridized carbons (Fsp3) is 0.400. The Bertz CT molecular complexity index is 2740. The van der Waals surface area contributed by atoms with Crippen LogP contribution in [0.2, 0.25) is 0 Å². The SMILES string of the molecule is CC(=O)O[C@H]1C(=O)[C@@]2(C)[C@H]([C@H](OC(=O)c3ccccc3)[C@]3(C(C)(C)O)C[C@H](OC(=O)[C@H](OC(=O)OCc4ccccc4)[C@@H](NC(=O)c4ccccc4)c4ccccc4)C(C)=C13)[C@]1(OC(C)=O)CO[C@@H]1C[C@@H]2O. The number of nitrogens with one attached hydrogen (secondary N) is 1. The largest absolute Gasteiger partial charge is 0.509 e. The van der Waals surface area contributed by atoms with Crippen LogP contribution >= 0.6 is 0 Å². The number of rotatable bonds is 14. The number of aliphatic hydroxyl groups is 2. The van der Waals surface area contributed by atoms with E-state index in [1.54, 1.807) is 109 Å². The van der Waals surface area contributed by atoms with E-state index in [1.165, 1.54) is 39.8 Å². The van der Waals surface area contributed by atoms with Gasteiger partial charge >= 0.3 is 30.0 Å². The third kappa shape index (κ3) is 9.27. The predicted molar refractivity (Wildman–Crippen MR) is 253 cm³/mol. The number of amides is 1. The van der Waals surface area contributed by atoms with Crippen LogP contribution in [0.15, 0.2) is 132 Å². The maximum Gasteiger partial charge on any atom is 0.509 e. The maximum absolute atomic E-state index is 15.7. The molecule has 72 heavy (non-hydrogen) atoms. The Labute approximate surface area is 415 Å². The highest BCUT2D eigenvalue weighted by Crippen LogP contribution is 2.67. The highest BCUT2D eigenvalue weighted by Gasteiger charge is 2.80. The summed E-state index contributed by atoms with van der Waals surface area (Å²) in [5.41, 5.74) is -6.88. The topological polar surface area (TPSA) is 237 Å². The van der Waals surface area contributed by atoms with E-state index in [-0.39, 0.29) is 41.9 Å². The van der Waals surface area contributed by atoms with Gasteiger partial charge in [-0.25, -0.2) is 14.4 Å². The van der Waals surface area contributed by atoms with Crippen LogP contribution in [0, 0.1) is 16.7 Å². The molecule has 11 atom stereocenters. The van der Waals surface area contributed by atoms with E-state index >= 15 is 9.59 Å². The van der Waals surface area contributed by atoms with Crippen molar-refractivity contribution in [2.45, 2.75) is 115 Å². The molecule has 1 amide bonds. The number of carbonyl (C=O) groups excluding carboxylic acids is 7. The molecule has 8 rings (SSSR count). The minimum absolute atomic E-state index is 0.0587. The summed E-state index contributed by atoms with van der Waals surface area (Å²) < 4.78 is 42.5. The Balaban J connectivity index is 1.29. The number of fused-ring (bicyclic) bond motifs is 4. The summed E-state index contributed by atoms with van der Waals surface area (Å²) in [4.78, 5) is 99.7. The van der Waals surface area contributed by atoms with Gasteiger partial charge < -0.3 is 48.7 Å². The first-order valence-corrected chi connectivity index (χ1v) is 23.6. The number of aliphatic hydroxyl groups excluding tert-OH is 1. The highest BCUT2D eigenvalue weighted by atomic mass is 16.7. The van der Waals surface area contributed by atoms with Crippen molar-refractivity contribution in [1.82, 2.24) is 5.32 Å². The molecule has 0 bridgehead atoms. The summed E-state index contributed by atoms with van der Waals surface area (Å²) in [5.74, 6) is -6.93. The van der Waals surface area contributed by atoms with Crippen molar-refractivity contribution in [1.29, 1.82) is 0 Å². The predicted octanol–water partition coefficient (Wildman–Crippen LogP) is 6.10. The number of Topliss-reactive ketones (excluding diaryl/α,β-unsaturated/α-hetero) is 1. The first-order valence-electron chi connectivity index (χ1n) is 23.6. The Kier molecular flexibility index (Phi) is 14.3. The molecule has 4 aromatic carbocycles. The molecule has 1 heterocycles. The minimum atomic E-state index is -2.12. The standard InChI is InChI=1S/C55H57NO16/c1-31-38(69-50(63)44(70-51(64)66-29-34-19-11-7-12-20-34)42(35-21-13-8-14-22-35)56-48(61)36-23-15-9-16-24-36)28-54(52(4,5)65)41(31)43(68-32(2)57)46(60)53(6)39(59)27-40-55(30-67-40,72-33(3)58)45(53)47(54)71-49(62)37-25-17-10-18-26-37/h7-26,38-40,42-45,47,59,65H,27-30H2,1-6H3,(H,56,61)/t38-,39-,40+,42-,43+,44+,45-,47-,53+,54-,55-/m0/s1. The molecular formula is C55H57NO16. The number of carbonyl (C=O) groups is 7. The van der Waals surface area contributed by atoms with Gasteiger partial charge in [-0.15, -0.1) is 0 Å². The van der Waals surface area contributed by atoms with Crippen LogP contribution in [0.4, 0.5) is 4.79 Å². The third-order valence-corrected chi connectivity index (χ3v) is 14.7. The molecule has 3 aliphatic carbocycles. The number of hydrogen-bond acceptors (Lipinski definition) is 16. The molecule has 1 aliphatic heterocycles. The van der Waals surface area contributed by atoms with E-state index in [4.69, 9.17) is 33.2 Å². The smallest absolute Gasteiger partial charge is 0.457 e. The second-order valence-corrected chi connectivity index (χ2v) is 19.5. The molecule has 17 heteroatoms. The van der Waals surface area contributed by atoms with Crippen molar-refractivity contribution in [2.75, 3.05) is 6.61 Å². The fourth-order valence-electron chi connectivity index (χ4n) is 11.3. The van der Waals surface area contributed by atoms with Crippen LogP contribution in [-0.4, -0.2) is 106 Å². The molecule has 3 fully saturated rings. The van der Waals surface area contributed by atoms with E-state index < -0.39 is 119 Å². The van der Waals surface area contributed by atoms with Gasteiger partial charge in [-0.2, -0.15) is 0 Å². The number of ketones is 1. The van der Waals surface area contributed by atoms with Crippen molar-refractivity contribution in [3.05, 3.63) is 155 Å². The summed E-state index contributed by atoms with van der Waals surface area (Å²) in [6.07, 6.45) is -11.8. The van der Waals surface area contributed by atoms with Crippen molar-refractivity contribution in [2.24, 2.45) is 16.7 Å². The first kappa shape index (κ1) is 51.2.